The second-order valence-corrected chi connectivity index (χ2v) is 4.64. The molecule has 0 aromatic heterocycles. The van der Waals surface area contributed by atoms with Crippen LogP contribution < -0.4 is 16.0 Å². The molecule has 18 heavy (non-hydrogen) atoms. The lowest BCUT2D eigenvalue weighted by molar-refractivity contribution is -0.122. The highest BCUT2D eigenvalue weighted by molar-refractivity contribution is 9.10. The highest BCUT2D eigenvalue weighted by Gasteiger charge is 2.20. The third-order valence-electron chi connectivity index (χ3n) is 2.68. The molecule has 0 saturated carbocycles. The van der Waals surface area contributed by atoms with Gasteiger partial charge in [0, 0.05) is 14.2 Å². The Bertz CT molecular complexity index is 372. The number of nitrogens with two attached hydrogens (primary N) is 1. The Morgan fingerprint density at radius 2 is 1.94 bits per heavy atom. The monoisotopic (exact) mass is 318 g/mol. The van der Waals surface area contributed by atoms with Gasteiger partial charge in [-0.2, -0.15) is 0 Å². The van der Waals surface area contributed by atoms with Crippen LogP contribution in [0.4, 0.5) is 0 Å². The van der Waals surface area contributed by atoms with E-state index < -0.39 is 6.29 Å². The predicted molar refractivity (Wildman–Crippen MR) is 73.3 cm³/mol. The number of hydrazine groups is 1. The van der Waals surface area contributed by atoms with E-state index in [1.165, 1.54) is 0 Å². The van der Waals surface area contributed by atoms with Crippen LogP contribution in [0.5, 0.6) is 5.75 Å². The molecule has 0 aliphatic heterocycles. The van der Waals surface area contributed by atoms with Crippen LogP contribution >= 0.6 is 15.9 Å². The van der Waals surface area contributed by atoms with Crippen LogP contribution in [0.25, 0.3) is 0 Å². The van der Waals surface area contributed by atoms with Crippen LogP contribution in [-0.2, 0) is 15.9 Å². The fraction of sp³-hybridized carbons (Fsp3) is 0.500. The average molecular weight is 319 g/mol. The summed E-state index contributed by atoms with van der Waals surface area (Å²) in [6.07, 6.45) is 0.293. The lowest BCUT2D eigenvalue weighted by Gasteiger charge is -2.24. The molecule has 0 spiro atoms. The average Bonchev–Trinajstić information content (AvgIpc) is 2.39. The Hall–Kier alpha value is -0.660. The molecular formula is C12H19BrN2O3. The largest absolute Gasteiger partial charge is 0.496 e. The SMILES string of the molecule is COc1ccc(CC(NN)C(OC)OC)cc1Br. The van der Waals surface area contributed by atoms with Gasteiger partial charge >= 0.3 is 0 Å². The van der Waals surface area contributed by atoms with E-state index in [0.29, 0.717) is 6.42 Å². The van der Waals surface area contributed by atoms with Crippen LogP contribution in [0.15, 0.2) is 22.7 Å². The molecule has 0 aliphatic rings. The number of nitrogens with one attached hydrogen (secondary N) is 1. The topological polar surface area (TPSA) is 65.7 Å². The molecule has 5 nitrogen and oxygen atoms in total. The van der Waals surface area contributed by atoms with Crippen molar-refractivity contribution in [2.75, 3.05) is 21.3 Å². The van der Waals surface area contributed by atoms with Gasteiger partial charge in [-0.3, -0.25) is 11.3 Å². The van der Waals surface area contributed by atoms with Crippen molar-refractivity contribution in [1.29, 1.82) is 0 Å². The Morgan fingerprint density at radius 3 is 2.39 bits per heavy atom. The number of hydrogen-bond donors (Lipinski definition) is 2. The molecule has 1 atom stereocenters. The van der Waals surface area contributed by atoms with Gasteiger partial charge in [-0.25, -0.2) is 0 Å². The molecule has 3 N–H and O–H groups in total. The Balaban J connectivity index is 2.78. The highest BCUT2D eigenvalue weighted by atomic mass is 79.9. The van der Waals surface area contributed by atoms with Crippen LogP contribution in [-0.4, -0.2) is 33.7 Å². The van der Waals surface area contributed by atoms with E-state index in [1.807, 2.05) is 18.2 Å². The lowest BCUT2D eigenvalue weighted by atomic mass is 10.1. The molecule has 102 valence electrons. The summed E-state index contributed by atoms with van der Waals surface area (Å²) in [5.74, 6) is 6.32. The van der Waals surface area contributed by atoms with Gasteiger partial charge in [0.25, 0.3) is 0 Å². The Kier molecular flexibility index (Phi) is 6.59. The van der Waals surface area contributed by atoms with E-state index >= 15 is 0 Å². The normalized spacial score (nSPS) is 12.8. The van der Waals surface area contributed by atoms with Gasteiger partial charge in [0.1, 0.15) is 5.75 Å². The van der Waals surface area contributed by atoms with Crippen molar-refractivity contribution in [2.24, 2.45) is 5.84 Å². The number of halogens is 1. The molecule has 1 aromatic carbocycles. The minimum atomic E-state index is -0.393. The first-order valence-electron chi connectivity index (χ1n) is 5.50. The fourth-order valence-electron chi connectivity index (χ4n) is 1.75. The highest BCUT2D eigenvalue weighted by Crippen LogP contribution is 2.26. The summed E-state index contributed by atoms with van der Waals surface area (Å²) in [5, 5.41) is 0. The van der Waals surface area contributed by atoms with Gasteiger partial charge in [-0.05, 0) is 40.0 Å². The van der Waals surface area contributed by atoms with Crippen molar-refractivity contribution in [3.63, 3.8) is 0 Å². The second kappa shape index (κ2) is 7.70. The van der Waals surface area contributed by atoms with Crippen molar-refractivity contribution >= 4 is 15.9 Å². The summed E-state index contributed by atoms with van der Waals surface area (Å²) >= 11 is 3.45. The maximum absolute atomic E-state index is 5.52. The van der Waals surface area contributed by atoms with Gasteiger partial charge in [-0.1, -0.05) is 6.07 Å². The third-order valence-corrected chi connectivity index (χ3v) is 3.30. The molecule has 0 aliphatic carbocycles. The van der Waals surface area contributed by atoms with E-state index in [-0.39, 0.29) is 6.04 Å². The summed E-state index contributed by atoms with van der Waals surface area (Å²) < 4.78 is 16.5. The lowest BCUT2D eigenvalue weighted by Crippen LogP contribution is -2.47. The number of benzene rings is 1. The summed E-state index contributed by atoms with van der Waals surface area (Å²) in [7, 11) is 4.81. The maximum Gasteiger partial charge on any atom is 0.173 e. The number of hydrogen-bond acceptors (Lipinski definition) is 5. The first-order chi connectivity index (χ1) is 8.65. The second-order valence-electron chi connectivity index (χ2n) is 3.79. The summed E-state index contributed by atoms with van der Waals surface area (Å²) in [5.41, 5.74) is 3.81. The van der Waals surface area contributed by atoms with E-state index in [0.717, 1.165) is 15.8 Å². The van der Waals surface area contributed by atoms with Gasteiger partial charge in [0.05, 0.1) is 17.6 Å². The molecular weight excluding hydrogens is 300 g/mol. The van der Waals surface area contributed by atoms with Crippen LogP contribution in [0.2, 0.25) is 0 Å². The standard InChI is InChI=1S/C12H19BrN2O3/c1-16-11-5-4-8(6-9(11)13)7-10(15-14)12(17-2)18-3/h4-6,10,12,15H,7,14H2,1-3H3. The molecule has 0 fully saturated rings. The van der Waals surface area contributed by atoms with Crippen molar-refractivity contribution in [3.8, 4) is 5.75 Å². The van der Waals surface area contributed by atoms with Gasteiger partial charge in [0.2, 0.25) is 0 Å². The molecule has 1 rings (SSSR count). The van der Waals surface area contributed by atoms with Gasteiger partial charge in [-0.15, -0.1) is 0 Å². The smallest absolute Gasteiger partial charge is 0.173 e. The predicted octanol–water partition coefficient (Wildman–Crippen LogP) is 1.45. The Labute approximate surface area is 116 Å². The van der Waals surface area contributed by atoms with Crippen molar-refractivity contribution in [3.05, 3.63) is 28.2 Å². The number of methoxy groups -OCH3 is 3. The summed E-state index contributed by atoms with van der Waals surface area (Å²) in [6.45, 7) is 0. The van der Waals surface area contributed by atoms with E-state index in [4.69, 9.17) is 20.1 Å². The van der Waals surface area contributed by atoms with Crippen LogP contribution in [0.1, 0.15) is 5.56 Å². The molecule has 0 bridgehead atoms. The zero-order valence-electron chi connectivity index (χ0n) is 10.8. The first-order valence-corrected chi connectivity index (χ1v) is 6.29. The zero-order chi connectivity index (χ0) is 13.5. The van der Waals surface area contributed by atoms with Crippen molar-refractivity contribution in [2.45, 2.75) is 18.8 Å². The molecule has 0 heterocycles. The minimum absolute atomic E-state index is 0.125. The number of rotatable bonds is 7. The fourth-order valence-corrected chi connectivity index (χ4v) is 2.34. The summed E-state index contributed by atoms with van der Waals surface area (Å²) in [6, 6.07) is 5.75. The van der Waals surface area contributed by atoms with Crippen LogP contribution in [0.3, 0.4) is 0 Å². The van der Waals surface area contributed by atoms with E-state index in [1.54, 1.807) is 21.3 Å². The van der Waals surface area contributed by atoms with Crippen LogP contribution in [0, 0.1) is 0 Å². The Morgan fingerprint density at radius 1 is 1.28 bits per heavy atom. The number of ether oxygens (including phenoxy) is 3. The van der Waals surface area contributed by atoms with Gasteiger partial charge in [0.15, 0.2) is 6.29 Å². The molecule has 1 aromatic rings. The molecule has 0 radical (unpaired) electrons. The minimum Gasteiger partial charge on any atom is -0.496 e. The van der Waals surface area contributed by atoms with Gasteiger partial charge < -0.3 is 14.2 Å². The van der Waals surface area contributed by atoms with Crippen molar-refractivity contribution < 1.29 is 14.2 Å². The molecule has 0 amide bonds. The van der Waals surface area contributed by atoms with E-state index in [9.17, 15) is 0 Å². The van der Waals surface area contributed by atoms with Crippen molar-refractivity contribution in [1.82, 2.24) is 5.43 Å². The summed E-state index contributed by atoms with van der Waals surface area (Å²) in [4.78, 5) is 0. The molecule has 6 heteroatoms. The van der Waals surface area contributed by atoms with E-state index in [2.05, 4.69) is 21.4 Å². The maximum atomic E-state index is 5.52. The first kappa shape index (κ1) is 15.4. The molecule has 0 saturated heterocycles. The third kappa shape index (κ3) is 3.93. The molecule has 1 unspecified atom stereocenters. The quantitative estimate of drug-likeness (QED) is 0.452. The zero-order valence-corrected chi connectivity index (χ0v) is 12.4.